The van der Waals surface area contributed by atoms with Gasteiger partial charge in [-0.25, -0.2) is 8.42 Å². The summed E-state index contributed by atoms with van der Waals surface area (Å²) >= 11 is 0. The van der Waals surface area contributed by atoms with Crippen molar-refractivity contribution in [3.05, 3.63) is 30.3 Å². The Balaban J connectivity index is 2.50. The highest BCUT2D eigenvalue weighted by Gasteiger charge is 2.31. The Hall–Kier alpha value is -1.31. The molecule has 2 aromatic rings. The van der Waals surface area contributed by atoms with E-state index in [0.29, 0.717) is 10.8 Å². The molecule has 0 N–H and O–H groups in total. The van der Waals surface area contributed by atoms with Crippen LogP contribution < -0.4 is 4.18 Å². The normalized spacial score (nSPS) is 16.7. The summed E-state index contributed by atoms with van der Waals surface area (Å²) in [4.78, 5) is -0.158. The average molecular weight is 305 g/mol. The predicted octanol–water partition coefficient (Wildman–Crippen LogP) is 1.85. The molecule has 1 aliphatic rings. The molecule has 0 unspecified atom stereocenters. The molecule has 0 fully saturated rings. The highest BCUT2D eigenvalue weighted by molar-refractivity contribution is 8.13. The van der Waals surface area contributed by atoms with Crippen LogP contribution in [0.1, 0.15) is 0 Å². The zero-order valence-corrected chi connectivity index (χ0v) is 11.0. The molecule has 1 heterocycles. The maximum atomic E-state index is 11.7. The summed E-state index contributed by atoms with van der Waals surface area (Å²) in [6.07, 6.45) is 0. The summed E-state index contributed by atoms with van der Waals surface area (Å²) in [5.41, 5.74) is 0. The summed E-state index contributed by atoms with van der Waals surface area (Å²) in [6.45, 7) is 0. The lowest BCUT2D eigenvalue weighted by molar-refractivity contribution is 0.498. The van der Waals surface area contributed by atoms with Gasteiger partial charge in [-0.2, -0.15) is 8.42 Å². The molecule has 18 heavy (non-hydrogen) atoms. The van der Waals surface area contributed by atoms with Gasteiger partial charge < -0.3 is 4.18 Å². The minimum absolute atomic E-state index is 0.0117. The van der Waals surface area contributed by atoms with E-state index in [0.717, 1.165) is 6.07 Å². The van der Waals surface area contributed by atoms with Gasteiger partial charge in [-0.05, 0) is 17.5 Å². The number of benzene rings is 2. The Morgan fingerprint density at radius 3 is 2.56 bits per heavy atom. The topological polar surface area (TPSA) is 77.5 Å². The van der Waals surface area contributed by atoms with Crippen LogP contribution >= 0.6 is 10.7 Å². The average Bonchev–Trinajstić information content (AvgIpc) is 2.51. The molecule has 0 bridgehead atoms. The van der Waals surface area contributed by atoms with Crippen molar-refractivity contribution in [3.63, 3.8) is 0 Å². The minimum Gasteiger partial charge on any atom is -0.378 e. The summed E-state index contributed by atoms with van der Waals surface area (Å²) in [5, 5.41) is 0.826. The van der Waals surface area contributed by atoms with E-state index in [1.54, 1.807) is 6.07 Å². The summed E-state index contributed by atoms with van der Waals surface area (Å²) in [5.74, 6) is -0.0117. The van der Waals surface area contributed by atoms with Crippen LogP contribution in [0.3, 0.4) is 0 Å². The van der Waals surface area contributed by atoms with Crippen LogP contribution in [-0.4, -0.2) is 16.8 Å². The molecule has 0 aliphatic carbocycles. The van der Waals surface area contributed by atoms with E-state index in [2.05, 4.69) is 0 Å². The molecular weight excluding hydrogens is 300 g/mol. The summed E-state index contributed by atoms with van der Waals surface area (Å²) < 4.78 is 50.7. The Bertz CT molecular complexity index is 884. The van der Waals surface area contributed by atoms with Crippen molar-refractivity contribution >= 4 is 40.6 Å². The van der Waals surface area contributed by atoms with Crippen LogP contribution in [0.4, 0.5) is 0 Å². The van der Waals surface area contributed by atoms with Crippen LogP contribution in [0.5, 0.6) is 5.75 Å². The van der Waals surface area contributed by atoms with Gasteiger partial charge in [0, 0.05) is 22.1 Å². The van der Waals surface area contributed by atoms with Crippen molar-refractivity contribution in [2.24, 2.45) is 0 Å². The van der Waals surface area contributed by atoms with Crippen LogP contribution in [0.2, 0.25) is 0 Å². The Labute approximate surface area is 107 Å². The van der Waals surface area contributed by atoms with Gasteiger partial charge in [0.1, 0.15) is 4.90 Å². The first-order valence-corrected chi connectivity index (χ1v) is 8.47. The first kappa shape index (κ1) is 11.8. The monoisotopic (exact) mass is 304 g/mol. The SMILES string of the molecule is O=S(=O)(Cl)c1cc2c3c(cccc3c1)S(=O)(=O)O2. The molecule has 0 atom stereocenters. The van der Waals surface area contributed by atoms with Gasteiger partial charge in [0.15, 0.2) is 5.75 Å². The molecule has 2 aromatic carbocycles. The van der Waals surface area contributed by atoms with Gasteiger partial charge >= 0.3 is 10.1 Å². The van der Waals surface area contributed by atoms with Gasteiger partial charge in [-0.1, -0.05) is 12.1 Å². The smallest absolute Gasteiger partial charge is 0.340 e. The quantitative estimate of drug-likeness (QED) is 0.593. The Morgan fingerprint density at radius 2 is 1.89 bits per heavy atom. The van der Waals surface area contributed by atoms with E-state index in [9.17, 15) is 16.8 Å². The number of halogens is 1. The molecule has 8 heteroatoms. The first-order chi connectivity index (χ1) is 8.29. The van der Waals surface area contributed by atoms with E-state index >= 15 is 0 Å². The van der Waals surface area contributed by atoms with E-state index in [1.807, 2.05) is 0 Å². The molecule has 94 valence electrons. The van der Waals surface area contributed by atoms with E-state index in [1.165, 1.54) is 18.2 Å². The fraction of sp³-hybridized carbons (Fsp3) is 0. The van der Waals surface area contributed by atoms with Crippen LogP contribution in [0.15, 0.2) is 40.1 Å². The zero-order chi connectivity index (χ0) is 13.1. The third-order valence-corrected chi connectivity index (χ3v) is 5.24. The first-order valence-electron chi connectivity index (χ1n) is 4.75. The molecule has 3 rings (SSSR count). The Morgan fingerprint density at radius 1 is 1.17 bits per heavy atom. The van der Waals surface area contributed by atoms with Gasteiger partial charge in [-0.3, -0.25) is 0 Å². The lowest BCUT2D eigenvalue weighted by atomic mass is 10.1. The molecule has 0 spiro atoms. The van der Waals surface area contributed by atoms with E-state index < -0.39 is 19.2 Å². The number of hydrogen-bond donors (Lipinski definition) is 0. The lowest BCUT2D eigenvalue weighted by Crippen LogP contribution is -2.02. The molecule has 1 aliphatic heterocycles. The second-order valence-electron chi connectivity index (χ2n) is 3.75. The van der Waals surface area contributed by atoms with Crippen LogP contribution in [0, 0.1) is 0 Å². The van der Waals surface area contributed by atoms with Gasteiger partial charge in [-0.15, -0.1) is 0 Å². The molecule has 0 saturated carbocycles. The number of rotatable bonds is 1. The molecule has 0 aromatic heterocycles. The molecule has 0 saturated heterocycles. The van der Waals surface area contributed by atoms with Gasteiger partial charge in [0.25, 0.3) is 9.05 Å². The van der Waals surface area contributed by atoms with Crippen molar-refractivity contribution in [1.29, 1.82) is 0 Å². The lowest BCUT2D eigenvalue weighted by Gasteiger charge is -2.01. The Kier molecular flexibility index (Phi) is 2.20. The third-order valence-electron chi connectivity index (χ3n) is 2.63. The predicted molar refractivity (Wildman–Crippen MR) is 64.8 cm³/mol. The second kappa shape index (κ2) is 3.37. The minimum atomic E-state index is -3.94. The van der Waals surface area contributed by atoms with Crippen LogP contribution in [-0.2, 0) is 19.2 Å². The highest BCUT2D eigenvalue weighted by atomic mass is 35.7. The van der Waals surface area contributed by atoms with Crippen LogP contribution in [0.25, 0.3) is 10.8 Å². The van der Waals surface area contributed by atoms with Crippen molar-refractivity contribution in [1.82, 2.24) is 0 Å². The van der Waals surface area contributed by atoms with Gasteiger partial charge in [0.2, 0.25) is 0 Å². The van der Waals surface area contributed by atoms with E-state index in [4.69, 9.17) is 14.9 Å². The van der Waals surface area contributed by atoms with E-state index in [-0.39, 0.29) is 15.5 Å². The van der Waals surface area contributed by atoms with Gasteiger partial charge in [0.05, 0.1) is 4.90 Å². The molecular formula is C10H5ClO5S2. The van der Waals surface area contributed by atoms with Crippen molar-refractivity contribution in [2.45, 2.75) is 9.79 Å². The zero-order valence-electron chi connectivity index (χ0n) is 8.62. The molecule has 0 radical (unpaired) electrons. The largest absolute Gasteiger partial charge is 0.378 e. The maximum absolute atomic E-state index is 11.7. The van der Waals surface area contributed by atoms with Crippen molar-refractivity contribution < 1.29 is 21.0 Å². The second-order valence-corrected chi connectivity index (χ2v) is 7.83. The van der Waals surface area contributed by atoms with Crippen molar-refractivity contribution in [3.8, 4) is 5.75 Å². The maximum Gasteiger partial charge on any atom is 0.340 e. The molecule has 5 nitrogen and oxygen atoms in total. The summed E-state index contributed by atoms with van der Waals surface area (Å²) in [6, 6.07) is 6.94. The fourth-order valence-corrected chi connectivity index (χ4v) is 3.86. The third kappa shape index (κ3) is 1.58. The number of hydrogen-bond acceptors (Lipinski definition) is 5. The highest BCUT2D eigenvalue weighted by Crippen LogP contribution is 2.41. The van der Waals surface area contributed by atoms with Crippen molar-refractivity contribution in [2.75, 3.05) is 0 Å². The molecule has 0 amide bonds. The fourth-order valence-electron chi connectivity index (χ4n) is 1.91. The summed E-state index contributed by atoms with van der Waals surface area (Å²) in [7, 11) is -2.56. The standard InChI is InChI=1S/C10H5ClO5S2/c11-17(12,13)7-4-6-2-1-3-9-10(6)8(5-7)16-18(9,14)15/h1-5H.